The van der Waals surface area contributed by atoms with Crippen molar-refractivity contribution < 1.29 is 29.3 Å². The number of hydrogen-bond donors (Lipinski definition) is 4. The summed E-state index contributed by atoms with van der Waals surface area (Å²) in [6, 6.07) is -0.760. The van der Waals surface area contributed by atoms with Crippen LogP contribution in [0.3, 0.4) is 0 Å². The highest BCUT2D eigenvalue weighted by Gasteiger charge is 2.31. The highest BCUT2D eigenvalue weighted by molar-refractivity contribution is 5.93. The minimum Gasteiger partial charge on any atom is -0.490 e. The van der Waals surface area contributed by atoms with Crippen molar-refractivity contribution >= 4 is 17.8 Å². The number of aliphatic carboxylic acids is 1. The molecule has 210 valence electrons. The lowest BCUT2D eigenvalue weighted by atomic mass is 9.86. The van der Waals surface area contributed by atoms with Crippen LogP contribution in [0.15, 0.2) is 84.4 Å². The number of aliphatic hydroxyl groups excluding tert-OH is 1. The summed E-state index contributed by atoms with van der Waals surface area (Å²) in [5.41, 5.74) is 0.436. The van der Waals surface area contributed by atoms with Crippen molar-refractivity contribution in [2.45, 2.75) is 66.5 Å². The second kappa shape index (κ2) is 18.6. The van der Waals surface area contributed by atoms with Gasteiger partial charge in [0.1, 0.15) is 6.04 Å². The highest BCUT2D eigenvalue weighted by atomic mass is 16.5. The zero-order chi connectivity index (χ0) is 29.1. The largest absolute Gasteiger partial charge is 0.490 e. The molecule has 2 amide bonds. The number of hydrogen-bond acceptors (Lipinski definition) is 5. The maximum atomic E-state index is 12.7. The van der Waals surface area contributed by atoms with Gasteiger partial charge in [0, 0.05) is 6.08 Å². The summed E-state index contributed by atoms with van der Waals surface area (Å²) >= 11 is 0. The van der Waals surface area contributed by atoms with E-state index in [0.717, 1.165) is 5.57 Å². The Bertz CT molecular complexity index is 977. The molecule has 0 fully saturated rings. The number of aliphatic hydroxyl groups is 1. The average Bonchev–Trinajstić information content (AvgIpc) is 2.83. The van der Waals surface area contributed by atoms with Crippen LogP contribution in [0, 0.1) is 11.3 Å². The van der Waals surface area contributed by atoms with Gasteiger partial charge in [-0.1, -0.05) is 88.0 Å². The zero-order valence-electron chi connectivity index (χ0n) is 23.6. The molecule has 8 heteroatoms. The standard InChI is InChI=1S/C30H44N2O6/c1-8-9-16-24(33)17-13-20-31-28(35)27(30(4,5)6)32-26(34)19-11-10-14-22(2)21-23(3)15-12-18-25(38-7)29(36)37/h8-15,18-21,23-24,27,33H,16-17H2,1-7H3,(H,31,35)(H,32,34)(H,36,37)/b9-8-,14-10-,15-12+,19-11-,20-13-,22-21+,25-18+/t23-,24+,27-/m1/s1. The molecule has 4 N–H and O–H groups in total. The van der Waals surface area contributed by atoms with E-state index >= 15 is 0 Å². The summed E-state index contributed by atoms with van der Waals surface area (Å²) in [6.45, 7) is 11.3. The number of methoxy groups -OCH3 is 1. The third kappa shape index (κ3) is 16.2. The molecule has 0 aromatic heterocycles. The van der Waals surface area contributed by atoms with Gasteiger partial charge in [0.15, 0.2) is 0 Å². The van der Waals surface area contributed by atoms with Crippen molar-refractivity contribution in [3.63, 3.8) is 0 Å². The third-order valence-corrected chi connectivity index (χ3v) is 5.15. The van der Waals surface area contributed by atoms with Gasteiger partial charge in [0.25, 0.3) is 0 Å². The predicted molar refractivity (Wildman–Crippen MR) is 152 cm³/mol. The van der Waals surface area contributed by atoms with Crippen LogP contribution in [-0.2, 0) is 19.1 Å². The Balaban J connectivity index is 4.96. The van der Waals surface area contributed by atoms with Crippen LogP contribution < -0.4 is 10.6 Å². The minimum atomic E-state index is -1.13. The zero-order valence-corrected chi connectivity index (χ0v) is 23.6. The van der Waals surface area contributed by atoms with Gasteiger partial charge in [-0.15, -0.1) is 0 Å². The summed E-state index contributed by atoms with van der Waals surface area (Å²) in [5.74, 6) is -1.96. The second-order valence-corrected chi connectivity index (χ2v) is 9.83. The van der Waals surface area contributed by atoms with Crippen molar-refractivity contribution in [3.8, 4) is 0 Å². The van der Waals surface area contributed by atoms with Crippen LogP contribution in [0.25, 0.3) is 0 Å². The van der Waals surface area contributed by atoms with E-state index in [1.165, 1.54) is 25.5 Å². The van der Waals surface area contributed by atoms with Gasteiger partial charge >= 0.3 is 5.97 Å². The number of carbonyl (C=O) groups is 3. The Kier molecular flexibility index (Phi) is 16.8. The van der Waals surface area contributed by atoms with Crippen LogP contribution in [0.5, 0.6) is 0 Å². The van der Waals surface area contributed by atoms with E-state index in [1.54, 1.807) is 24.3 Å². The number of carboxylic acids is 1. The Hall–Kier alpha value is -3.65. The molecular formula is C30H44N2O6. The smallest absolute Gasteiger partial charge is 0.371 e. The molecule has 0 aliphatic heterocycles. The highest BCUT2D eigenvalue weighted by Crippen LogP contribution is 2.19. The summed E-state index contributed by atoms with van der Waals surface area (Å²) in [7, 11) is 1.30. The molecule has 0 aliphatic carbocycles. The number of nitrogens with one attached hydrogen (secondary N) is 2. The van der Waals surface area contributed by atoms with Crippen LogP contribution in [0.4, 0.5) is 0 Å². The van der Waals surface area contributed by atoms with E-state index in [0.29, 0.717) is 12.8 Å². The fraction of sp³-hybridized carbons (Fsp3) is 0.433. The quantitative estimate of drug-likeness (QED) is 0.105. The number of allylic oxidation sites excluding steroid dienone is 9. The number of ether oxygens (including phenoxy) is 1. The molecular weight excluding hydrogens is 484 g/mol. The van der Waals surface area contributed by atoms with Gasteiger partial charge in [-0.3, -0.25) is 9.59 Å². The molecule has 0 aliphatic rings. The number of carbonyl (C=O) groups excluding carboxylic acids is 2. The van der Waals surface area contributed by atoms with E-state index in [2.05, 4.69) is 10.6 Å². The molecule has 0 radical (unpaired) electrons. The van der Waals surface area contributed by atoms with E-state index in [9.17, 15) is 19.5 Å². The Morgan fingerprint density at radius 1 is 1.03 bits per heavy atom. The lowest BCUT2D eigenvalue weighted by molar-refractivity contribution is -0.136. The topological polar surface area (TPSA) is 125 Å². The molecule has 0 saturated carbocycles. The van der Waals surface area contributed by atoms with Crippen molar-refractivity contribution in [1.29, 1.82) is 0 Å². The molecule has 0 spiro atoms. The molecule has 3 atom stereocenters. The first-order valence-electron chi connectivity index (χ1n) is 12.6. The molecule has 0 rings (SSSR count). The molecule has 0 unspecified atom stereocenters. The van der Waals surface area contributed by atoms with Gasteiger partial charge in [-0.25, -0.2) is 4.79 Å². The van der Waals surface area contributed by atoms with Crippen LogP contribution in [-0.4, -0.2) is 47.3 Å². The number of rotatable bonds is 15. The molecule has 0 heterocycles. The van der Waals surface area contributed by atoms with Crippen molar-refractivity contribution in [1.82, 2.24) is 10.6 Å². The van der Waals surface area contributed by atoms with E-state index in [-0.39, 0.29) is 17.6 Å². The normalized spacial score (nSPS) is 16.0. The first-order valence-corrected chi connectivity index (χ1v) is 12.6. The molecule has 0 saturated heterocycles. The third-order valence-electron chi connectivity index (χ3n) is 5.15. The van der Waals surface area contributed by atoms with Crippen molar-refractivity contribution in [3.05, 3.63) is 84.4 Å². The van der Waals surface area contributed by atoms with Crippen molar-refractivity contribution in [2.24, 2.45) is 11.3 Å². The molecule has 38 heavy (non-hydrogen) atoms. The Morgan fingerprint density at radius 3 is 2.24 bits per heavy atom. The summed E-state index contributed by atoms with van der Waals surface area (Å²) in [5, 5.41) is 24.2. The van der Waals surface area contributed by atoms with Crippen molar-refractivity contribution in [2.75, 3.05) is 7.11 Å². The SMILES string of the molecule is C/C=C\C[C@H](O)C/C=C\NC(=O)[C@@H](NC(=O)\C=C/C=C\C(C)=C\[C@H](C)/C=C/C=C(/OC)C(=O)O)C(C)(C)C. The predicted octanol–water partition coefficient (Wildman–Crippen LogP) is 4.73. The number of carboxylic acid groups (broad SMARTS) is 1. The summed E-state index contributed by atoms with van der Waals surface area (Å²) in [6.07, 6.45) is 20.7. The Morgan fingerprint density at radius 2 is 1.66 bits per heavy atom. The van der Waals surface area contributed by atoms with E-state index < -0.39 is 29.4 Å². The van der Waals surface area contributed by atoms with Gasteiger partial charge < -0.3 is 25.6 Å². The summed E-state index contributed by atoms with van der Waals surface area (Å²) < 4.78 is 4.76. The fourth-order valence-electron chi connectivity index (χ4n) is 3.13. The molecule has 8 nitrogen and oxygen atoms in total. The first-order chi connectivity index (χ1) is 17.8. The average molecular weight is 529 g/mol. The second-order valence-electron chi connectivity index (χ2n) is 9.83. The maximum absolute atomic E-state index is 12.7. The van der Waals surface area contributed by atoms with Crippen LogP contribution >= 0.6 is 0 Å². The van der Waals surface area contributed by atoms with E-state index in [1.807, 2.05) is 71.9 Å². The first kappa shape index (κ1) is 34.4. The van der Waals surface area contributed by atoms with Gasteiger partial charge in [-0.2, -0.15) is 0 Å². The Labute approximate surface area is 227 Å². The maximum Gasteiger partial charge on any atom is 0.371 e. The lowest BCUT2D eigenvalue weighted by Crippen LogP contribution is -2.52. The number of amides is 2. The molecule has 0 aromatic carbocycles. The van der Waals surface area contributed by atoms with E-state index in [4.69, 9.17) is 9.84 Å². The lowest BCUT2D eigenvalue weighted by Gasteiger charge is -2.29. The summed E-state index contributed by atoms with van der Waals surface area (Å²) in [4.78, 5) is 36.0. The van der Waals surface area contributed by atoms with Crippen LogP contribution in [0.1, 0.15) is 54.4 Å². The fourth-order valence-corrected chi connectivity index (χ4v) is 3.13. The minimum absolute atomic E-state index is 0.0478. The van der Waals surface area contributed by atoms with Gasteiger partial charge in [0.2, 0.25) is 17.6 Å². The molecule has 0 aromatic rings. The van der Waals surface area contributed by atoms with Gasteiger partial charge in [0.05, 0.1) is 13.2 Å². The molecule has 0 bridgehead atoms. The van der Waals surface area contributed by atoms with Crippen LogP contribution in [0.2, 0.25) is 0 Å². The van der Waals surface area contributed by atoms with Gasteiger partial charge in [-0.05, 0) is 50.3 Å². The monoisotopic (exact) mass is 528 g/mol.